The summed E-state index contributed by atoms with van der Waals surface area (Å²) in [6.07, 6.45) is 3.83. The molecule has 0 radical (unpaired) electrons. The molecule has 0 aromatic rings. The predicted molar refractivity (Wildman–Crippen MR) is 60.0 cm³/mol. The minimum absolute atomic E-state index is 0.226. The van der Waals surface area contributed by atoms with Gasteiger partial charge in [0.25, 0.3) is 0 Å². The number of piperidine rings is 1. The van der Waals surface area contributed by atoms with E-state index in [1.807, 2.05) is 0 Å². The average molecular weight is 214 g/mol. The number of nitrogens with one attached hydrogen (secondary N) is 1. The van der Waals surface area contributed by atoms with Gasteiger partial charge in [0, 0.05) is 19.1 Å². The molecule has 15 heavy (non-hydrogen) atoms. The van der Waals surface area contributed by atoms with E-state index >= 15 is 0 Å². The van der Waals surface area contributed by atoms with Gasteiger partial charge in [-0.15, -0.1) is 0 Å². The Morgan fingerprint density at radius 2 is 2.40 bits per heavy atom. The van der Waals surface area contributed by atoms with Crippen LogP contribution in [0.1, 0.15) is 32.6 Å². The van der Waals surface area contributed by atoms with E-state index in [9.17, 15) is 4.79 Å². The Bertz CT molecular complexity index is 195. The lowest BCUT2D eigenvalue weighted by Crippen LogP contribution is -2.46. The maximum atomic E-state index is 10.4. The number of carbonyl (C=O) groups is 1. The lowest BCUT2D eigenvalue weighted by atomic mass is 10.1. The van der Waals surface area contributed by atoms with E-state index in [1.54, 1.807) is 0 Å². The topological polar surface area (TPSA) is 52.6 Å². The molecule has 0 bridgehead atoms. The van der Waals surface area contributed by atoms with E-state index in [1.165, 1.54) is 25.8 Å². The Morgan fingerprint density at radius 1 is 1.60 bits per heavy atom. The van der Waals surface area contributed by atoms with Gasteiger partial charge in [-0.3, -0.25) is 4.79 Å². The molecule has 1 fully saturated rings. The van der Waals surface area contributed by atoms with Crippen LogP contribution in [-0.2, 0) is 4.79 Å². The fourth-order valence-corrected chi connectivity index (χ4v) is 2.12. The van der Waals surface area contributed by atoms with Crippen molar-refractivity contribution in [2.24, 2.45) is 0 Å². The van der Waals surface area contributed by atoms with Gasteiger partial charge in [0.1, 0.15) is 0 Å². The average Bonchev–Trinajstić information content (AvgIpc) is 2.18. The van der Waals surface area contributed by atoms with Gasteiger partial charge in [0.2, 0.25) is 0 Å². The van der Waals surface area contributed by atoms with Crippen LogP contribution in [0, 0.1) is 0 Å². The molecule has 1 aliphatic rings. The number of rotatable bonds is 6. The smallest absolute Gasteiger partial charge is 0.304 e. The maximum absolute atomic E-state index is 10.4. The van der Waals surface area contributed by atoms with Crippen molar-refractivity contribution in [1.82, 2.24) is 10.2 Å². The highest BCUT2D eigenvalue weighted by molar-refractivity contribution is 5.66. The van der Waals surface area contributed by atoms with Crippen LogP contribution in [0.4, 0.5) is 0 Å². The van der Waals surface area contributed by atoms with Crippen LogP contribution >= 0.6 is 0 Å². The fourth-order valence-electron chi connectivity index (χ4n) is 2.12. The summed E-state index contributed by atoms with van der Waals surface area (Å²) in [7, 11) is 0. The molecule has 0 amide bonds. The zero-order chi connectivity index (χ0) is 11.1. The molecule has 2 N–H and O–H groups in total. The van der Waals surface area contributed by atoms with Crippen molar-refractivity contribution in [3.8, 4) is 0 Å². The predicted octanol–water partition coefficient (Wildman–Crippen LogP) is 0.925. The van der Waals surface area contributed by atoms with Gasteiger partial charge in [-0.05, 0) is 32.4 Å². The number of carboxylic acid groups (broad SMARTS) is 1. The molecular formula is C11H22N2O2. The molecule has 1 heterocycles. The third-order valence-corrected chi connectivity index (χ3v) is 2.82. The molecule has 4 nitrogen and oxygen atoms in total. The second-order valence-corrected chi connectivity index (χ2v) is 4.24. The van der Waals surface area contributed by atoms with Crippen LogP contribution in [-0.4, -0.2) is 48.2 Å². The molecule has 0 aromatic carbocycles. The highest BCUT2D eigenvalue weighted by Gasteiger charge is 2.18. The van der Waals surface area contributed by atoms with E-state index in [0.29, 0.717) is 12.6 Å². The second kappa shape index (κ2) is 6.80. The Labute approximate surface area is 91.6 Å². The summed E-state index contributed by atoms with van der Waals surface area (Å²) >= 11 is 0. The van der Waals surface area contributed by atoms with E-state index in [0.717, 1.165) is 13.1 Å². The Hall–Kier alpha value is -0.610. The standard InChI is InChI=1S/C11H22N2O2/c1-2-7-13-8-3-4-10(9-13)12-6-5-11(14)15/h10,12H,2-9H2,1H3,(H,14,15). The van der Waals surface area contributed by atoms with Crippen molar-refractivity contribution in [3.63, 3.8) is 0 Å². The second-order valence-electron chi connectivity index (χ2n) is 4.24. The summed E-state index contributed by atoms with van der Waals surface area (Å²) in [6.45, 7) is 6.23. The summed E-state index contributed by atoms with van der Waals surface area (Å²) in [4.78, 5) is 12.8. The summed E-state index contributed by atoms with van der Waals surface area (Å²) in [5.74, 6) is -0.719. The van der Waals surface area contributed by atoms with Gasteiger partial charge in [-0.2, -0.15) is 0 Å². The number of likely N-dealkylation sites (tertiary alicyclic amines) is 1. The number of nitrogens with zero attached hydrogens (tertiary/aromatic N) is 1. The Kier molecular flexibility index (Phi) is 5.65. The van der Waals surface area contributed by atoms with Gasteiger partial charge in [0.15, 0.2) is 0 Å². The first-order valence-corrected chi connectivity index (χ1v) is 5.90. The maximum Gasteiger partial charge on any atom is 0.304 e. The summed E-state index contributed by atoms with van der Waals surface area (Å²) in [5.41, 5.74) is 0. The molecule has 1 rings (SSSR count). The third kappa shape index (κ3) is 5.14. The van der Waals surface area contributed by atoms with Gasteiger partial charge >= 0.3 is 5.97 Å². The zero-order valence-electron chi connectivity index (χ0n) is 9.54. The molecule has 1 aliphatic heterocycles. The quantitative estimate of drug-likeness (QED) is 0.690. The third-order valence-electron chi connectivity index (χ3n) is 2.82. The molecule has 0 aromatic heterocycles. The normalized spacial score (nSPS) is 22.9. The van der Waals surface area contributed by atoms with Crippen molar-refractivity contribution < 1.29 is 9.90 Å². The first-order chi connectivity index (χ1) is 7.22. The zero-order valence-corrected chi connectivity index (χ0v) is 9.54. The van der Waals surface area contributed by atoms with E-state index < -0.39 is 5.97 Å². The van der Waals surface area contributed by atoms with Crippen LogP contribution < -0.4 is 5.32 Å². The summed E-state index contributed by atoms with van der Waals surface area (Å²) < 4.78 is 0. The summed E-state index contributed by atoms with van der Waals surface area (Å²) in [5, 5.41) is 11.8. The van der Waals surface area contributed by atoms with Crippen LogP contribution in [0.25, 0.3) is 0 Å². The molecule has 88 valence electrons. The minimum atomic E-state index is -0.719. The van der Waals surface area contributed by atoms with E-state index in [2.05, 4.69) is 17.1 Å². The van der Waals surface area contributed by atoms with Crippen molar-refractivity contribution in [2.75, 3.05) is 26.2 Å². The van der Waals surface area contributed by atoms with Crippen LogP contribution in [0.15, 0.2) is 0 Å². The largest absolute Gasteiger partial charge is 0.481 e. The van der Waals surface area contributed by atoms with Crippen molar-refractivity contribution in [1.29, 1.82) is 0 Å². The molecule has 1 saturated heterocycles. The van der Waals surface area contributed by atoms with Gasteiger partial charge in [-0.25, -0.2) is 0 Å². The molecule has 1 atom stereocenters. The lowest BCUT2D eigenvalue weighted by molar-refractivity contribution is -0.136. The molecular weight excluding hydrogens is 192 g/mol. The van der Waals surface area contributed by atoms with Crippen molar-refractivity contribution in [3.05, 3.63) is 0 Å². The van der Waals surface area contributed by atoms with Crippen molar-refractivity contribution >= 4 is 5.97 Å². The first kappa shape index (κ1) is 12.5. The Morgan fingerprint density at radius 3 is 3.07 bits per heavy atom. The van der Waals surface area contributed by atoms with Gasteiger partial charge in [-0.1, -0.05) is 6.92 Å². The number of carboxylic acids is 1. The summed E-state index contributed by atoms with van der Waals surface area (Å²) in [6, 6.07) is 0.490. The molecule has 1 unspecified atom stereocenters. The fraction of sp³-hybridized carbons (Fsp3) is 0.909. The lowest BCUT2D eigenvalue weighted by Gasteiger charge is -2.32. The Balaban J connectivity index is 2.15. The van der Waals surface area contributed by atoms with Gasteiger partial charge < -0.3 is 15.3 Å². The SMILES string of the molecule is CCCN1CCCC(NCCC(=O)O)C1. The number of aliphatic carboxylic acids is 1. The van der Waals surface area contributed by atoms with Crippen molar-refractivity contribution in [2.45, 2.75) is 38.6 Å². The molecule has 4 heteroatoms. The van der Waals surface area contributed by atoms with Crippen LogP contribution in [0.2, 0.25) is 0 Å². The highest BCUT2D eigenvalue weighted by Crippen LogP contribution is 2.10. The van der Waals surface area contributed by atoms with Crippen LogP contribution in [0.3, 0.4) is 0 Å². The van der Waals surface area contributed by atoms with E-state index in [4.69, 9.17) is 5.11 Å². The highest BCUT2D eigenvalue weighted by atomic mass is 16.4. The molecule has 0 saturated carbocycles. The number of hydrogen-bond acceptors (Lipinski definition) is 3. The number of hydrogen-bond donors (Lipinski definition) is 2. The molecule has 0 aliphatic carbocycles. The monoisotopic (exact) mass is 214 g/mol. The minimum Gasteiger partial charge on any atom is -0.481 e. The van der Waals surface area contributed by atoms with E-state index in [-0.39, 0.29) is 6.42 Å². The van der Waals surface area contributed by atoms with Gasteiger partial charge in [0.05, 0.1) is 6.42 Å². The van der Waals surface area contributed by atoms with Crippen LogP contribution in [0.5, 0.6) is 0 Å². The molecule has 0 spiro atoms. The first-order valence-electron chi connectivity index (χ1n) is 5.90.